The van der Waals surface area contributed by atoms with E-state index in [-0.39, 0.29) is 0 Å². The first kappa shape index (κ1) is 35.2. The molecule has 294 valence electrons. The summed E-state index contributed by atoms with van der Waals surface area (Å²) >= 11 is 0. The second-order valence-corrected chi connectivity index (χ2v) is 15.9. The minimum absolute atomic E-state index is 0.561. The van der Waals surface area contributed by atoms with Gasteiger partial charge in [0.15, 0.2) is 17.5 Å². The molecule has 63 heavy (non-hydrogen) atoms. The Hall–Kier alpha value is -8.61. The molecule has 4 aromatic heterocycles. The predicted molar refractivity (Wildman–Crippen MR) is 256 cm³/mol. The maximum absolute atomic E-state index is 6.86. The molecule has 0 saturated heterocycles. The van der Waals surface area contributed by atoms with Crippen molar-refractivity contribution in [3.05, 3.63) is 206 Å². The molecule has 0 N–H and O–H groups in total. The van der Waals surface area contributed by atoms with Gasteiger partial charge in [-0.25, -0.2) is 15.0 Å². The standard InChI is InChI=1S/C57H34N4O2/c1-4-16-35(17-5-1)40-25-14-26-44-43-31-30-38(34-50(43)63-54(40)44)39-24-15-29-48-51(39)52-49(62-48)33-32-45(53(52)61-46-27-12-10-22-41(46)42-23-11-13-28-47(42)61)57-59-55(36-18-6-2-7-19-36)58-56(60-57)37-20-8-3-9-21-37/h1-34H. The van der Waals surface area contributed by atoms with Crippen molar-refractivity contribution in [2.24, 2.45) is 0 Å². The molecule has 4 heterocycles. The highest BCUT2D eigenvalue weighted by Gasteiger charge is 2.26. The van der Waals surface area contributed by atoms with Gasteiger partial charge in [-0.05, 0) is 59.2 Å². The van der Waals surface area contributed by atoms with Crippen molar-refractivity contribution in [2.45, 2.75) is 0 Å². The molecule has 0 saturated carbocycles. The molecule has 0 aliphatic rings. The SMILES string of the molecule is c1ccc(-c2nc(-c3ccccc3)nc(-c3ccc4oc5cccc(-c6ccc7c(c6)oc6c(-c8ccccc8)cccc67)c5c4c3-n3c4ccccc4c4ccccc43)n2)cc1. The number of rotatable bonds is 6. The van der Waals surface area contributed by atoms with E-state index in [4.69, 9.17) is 23.8 Å². The summed E-state index contributed by atoms with van der Waals surface area (Å²) in [4.78, 5) is 15.6. The van der Waals surface area contributed by atoms with Gasteiger partial charge in [0, 0.05) is 49.2 Å². The van der Waals surface area contributed by atoms with Crippen molar-refractivity contribution in [2.75, 3.05) is 0 Å². The molecule has 0 aliphatic heterocycles. The minimum atomic E-state index is 0.561. The second-order valence-electron chi connectivity index (χ2n) is 15.9. The van der Waals surface area contributed by atoms with Gasteiger partial charge in [-0.2, -0.15) is 0 Å². The number of nitrogens with zero attached hydrogens (tertiary/aromatic N) is 4. The minimum Gasteiger partial charge on any atom is -0.456 e. The summed E-state index contributed by atoms with van der Waals surface area (Å²) in [5.41, 5.74) is 13.2. The Morgan fingerprint density at radius 3 is 1.56 bits per heavy atom. The number of furan rings is 2. The van der Waals surface area contributed by atoms with E-state index in [1.54, 1.807) is 0 Å². The molecule has 0 atom stereocenters. The monoisotopic (exact) mass is 806 g/mol. The third-order valence-electron chi connectivity index (χ3n) is 12.3. The first-order valence-electron chi connectivity index (χ1n) is 21.1. The van der Waals surface area contributed by atoms with Crippen molar-refractivity contribution in [1.82, 2.24) is 19.5 Å². The van der Waals surface area contributed by atoms with Crippen LogP contribution in [-0.2, 0) is 0 Å². The summed E-state index contributed by atoms with van der Waals surface area (Å²) in [6.45, 7) is 0. The lowest BCUT2D eigenvalue weighted by atomic mass is 9.96. The molecule has 9 aromatic carbocycles. The Labute approximate surface area is 361 Å². The summed E-state index contributed by atoms with van der Waals surface area (Å²) in [6, 6.07) is 71.3. The fourth-order valence-corrected chi connectivity index (χ4v) is 9.45. The van der Waals surface area contributed by atoms with Crippen LogP contribution in [0.1, 0.15) is 0 Å². The van der Waals surface area contributed by atoms with Crippen LogP contribution >= 0.6 is 0 Å². The molecule has 0 spiro atoms. The highest BCUT2D eigenvalue weighted by Crippen LogP contribution is 2.46. The van der Waals surface area contributed by atoms with Crippen molar-refractivity contribution < 1.29 is 8.83 Å². The maximum Gasteiger partial charge on any atom is 0.166 e. The first-order chi connectivity index (χ1) is 31.2. The largest absolute Gasteiger partial charge is 0.456 e. The lowest BCUT2D eigenvalue weighted by Crippen LogP contribution is -2.04. The Bertz CT molecular complexity index is 3790. The van der Waals surface area contributed by atoms with E-state index < -0.39 is 0 Å². The third kappa shape index (κ3) is 5.55. The average molecular weight is 807 g/mol. The normalized spacial score (nSPS) is 11.8. The molecule has 0 amide bonds. The number of aromatic nitrogens is 4. The quantitative estimate of drug-likeness (QED) is 0.167. The number of hydrogen-bond donors (Lipinski definition) is 0. The summed E-state index contributed by atoms with van der Waals surface area (Å²) in [7, 11) is 0. The van der Waals surface area contributed by atoms with Gasteiger partial charge in [-0.15, -0.1) is 0 Å². The molecule has 0 aliphatic carbocycles. The van der Waals surface area contributed by atoms with Gasteiger partial charge >= 0.3 is 0 Å². The van der Waals surface area contributed by atoms with Crippen LogP contribution in [0.4, 0.5) is 0 Å². The summed E-state index contributed by atoms with van der Waals surface area (Å²) in [5, 5.41) is 6.42. The van der Waals surface area contributed by atoms with Gasteiger partial charge < -0.3 is 13.4 Å². The Morgan fingerprint density at radius 2 is 0.873 bits per heavy atom. The van der Waals surface area contributed by atoms with E-state index in [1.807, 2.05) is 66.7 Å². The second kappa shape index (κ2) is 14.0. The van der Waals surface area contributed by atoms with Gasteiger partial charge in [-0.3, -0.25) is 0 Å². The molecule has 0 fully saturated rings. The van der Waals surface area contributed by atoms with Gasteiger partial charge in [-0.1, -0.05) is 164 Å². The van der Waals surface area contributed by atoms with Gasteiger partial charge in [0.2, 0.25) is 0 Å². The zero-order valence-electron chi connectivity index (χ0n) is 33.7. The van der Waals surface area contributed by atoms with Crippen LogP contribution in [0.25, 0.3) is 128 Å². The van der Waals surface area contributed by atoms with E-state index in [2.05, 4.69) is 144 Å². The van der Waals surface area contributed by atoms with Crippen LogP contribution in [0.5, 0.6) is 0 Å². The molecule has 0 unspecified atom stereocenters. The number of fused-ring (bicyclic) bond motifs is 9. The van der Waals surface area contributed by atoms with E-state index in [9.17, 15) is 0 Å². The fraction of sp³-hybridized carbons (Fsp3) is 0. The molecule has 0 radical (unpaired) electrons. The number of hydrogen-bond acceptors (Lipinski definition) is 5. The predicted octanol–water partition coefficient (Wildman–Crippen LogP) is 15.1. The van der Waals surface area contributed by atoms with Crippen LogP contribution < -0.4 is 0 Å². The van der Waals surface area contributed by atoms with E-state index in [0.717, 1.165) is 110 Å². The molecule has 6 nitrogen and oxygen atoms in total. The van der Waals surface area contributed by atoms with E-state index in [1.165, 1.54) is 0 Å². The van der Waals surface area contributed by atoms with Crippen molar-refractivity contribution in [1.29, 1.82) is 0 Å². The highest BCUT2D eigenvalue weighted by atomic mass is 16.3. The number of benzene rings is 9. The van der Waals surface area contributed by atoms with Crippen LogP contribution in [0.2, 0.25) is 0 Å². The van der Waals surface area contributed by atoms with Crippen LogP contribution in [0.15, 0.2) is 215 Å². The zero-order valence-corrected chi connectivity index (χ0v) is 33.7. The molecular weight excluding hydrogens is 773 g/mol. The lowest BCUT2D eigenvalue weighted by molar-refractivity contribution is 0.668. The average Bonchev–Trinajstić information content (AvgIpc) is 4.04. The summed E-state index contributed by atoms with van der Waals surface area (Å²) in [6.07, 6.45) is 0. The first-order valence-corrected chi connectivity index (χ1v) is 21.1. The topological polar surface area (TPSA) is 69.9 Å². The van der Waals surface area contributed by atoms with Crippen LogP contribution in [0.3, 0.4) is 0 Å². The molecule has 13 rings (SSSR count). The van der Waals surface area contributed by atoms with E-state index in [0.29, 0.717) is 17.5 Å². The fourth-order valence-electron chi connectivity index (χ4n) is 9.45. The van der Waals surface area contributed by atoms with Gasteiger partial charge in [0.25, 0.3) is 0 Å². The zero-order chi connectivity index (χ0) is 41.4. The van der Waals surface area contributed by atoms with Crippen molar-refractivity contribution in [3.63, 3.8) is 0 Å². The van der Waals surface area contributed by atoms with Crippen molar-refractivity contribution >= 4 is 65.7 Å². The molecule has 6 heteroatoms. The van der Waals surface area contributed by atoms with Gasteiger partial charge in [0.05, 0.1) is 22.1 Å². The summed E-state index contributed by atoms with van der Waals surface area (Å²) < 4.78 is 16.0. The Balaban J connectivity index is 1.13. The number of para-hydroxylation sites is 3. The molecule has 0 bridgehead atoms. The molecule has 13 aromatic rings. The van der Waals surface area contributed by atoms with Crippen molar-refractivity contribution in [3.8, 4) is 62.1 Å². The molecular formula is C57H34N4O2. The van der Waals surface area contributed by atoms with E-state index >= 15 is 0 Å². The highest BCUT2D eigenvalue weighted by molar-refractivity contribution is 6.20. The summed E-state index contributed by atoms with van der Waals surface area (Å²) in [5.74, 6) is 1.76. The maximum atomic E-state index is 6.86. The van der Waals surface area contributed by atoms with Gasteiger partial charge in [0.1, 0.15) is 22.3 Å². The lowest BCUT2D eigenvalue weighted by Gasteiger charge is -2.16. The Morgan fingerprint density at radius 1 is 0.317 bits per heavy atom. The smallest absolute Gasteiger partial charge is 0.166 e. The Kier molecular flexibility index (Phi) is 7.80. The van der Waals surface area contributed by atoms with Crippen LogP contribution in [0, 0.1) is 0 Å². The van der Waals surface area contributed by atoms with Crippen LogP contribution in [-0.4, -0.2) is 19.5 Å². The third-order valence-corrected chi connectivity index (χ3v) is 12.3.